The van der Waals surface area contributed by atoms with Gasteiger partial charge in [0.15, 0.2) is 0 Å². The van der Waals surface area contributed by atoms with E-state index in [0.29, 0.717) is 41.3 Å². The van der Waals surface area contributed by atoms with Gasteiger partial charge in [-0.15, -0.1) is 10.2 Å². The molecule has 4 aromatic rings. The van der Waals surface area contributed by atoms with Gasteiger partial charge in [-0.3, -0.25) is 9.36 Å². The molecule has 1 saturated heterocycles. The van der Waals surface area contributed by atoms with Crippen molar-refractivity contribution in [3.8, 4) is 22.6 Å². The summed E-state index contributed by atoms with van der Waals surface area (Å²) in [4.78, 5) is 22.9. The molecule has 2 fully saturated rings. The first-order valence-corrected chi connectivity index (χ1v) is 12.1. The van der Waals surface area contributed by atoms with Crippen molar-refractivity contribution in [1.82, 2.24) is 24.7 Å². The molecule has 4 heterocycles. The van der Waals surface area contributed by atoms with E-state index in [1.54, 1.807) is 35.0 Å². The highest BCUT2D eigenvalue weighted by molar-refractivity contribution is 5.83. The first kappa shape index (κ1) is 23.6. The molecule has 6 rings (SSSR count). The Morgan fingerprint density at radius 2 is 1.84 bits per heavy atom. The largest absolute Gasteiger partial charge is 0.470 e. The fourth-order valence-corrected chi connectivity index (χ4v) is 4.58. The van der Waals surface area contributed by atoms with Crippen molar-refractivity contribution in [3.05, 3.63) is 52.3 Å². The first-order valence-electron chi connectivity index (χ1n) is 12.1. The van der Waals surface area contributed by atoms with Gasteiger partial charge < -0.3 is 14.5 Å². The fraction of sp³-hybridized carbons (Fsp3) is 0.400. The highest BCUT2D eigenvalue weighted by atomic mass is 19.4. The van der Waals surface area contributed by atoms with Crippen LogP contribution in [-0.2, 0) is 10.9 Å². The van der Waals surface area contributed by atoms with Crippen molar-refractivity contribution in [3.63, 3.8) is 0 Å². The zero-order chi connectivity index (χ0) is 25.7. The van der Waals surface area contributed by atoms with Crippen LogP contribution < -0.4 is 10.9 Å². The van der Waals surface area contributed by atoms with Crippen LogP contribution in [0.25, 0.3) is 33.6 Å². The maximum atomic E-state index is 13.8. The molecule has 192 valence electrons. The Balaban J connectivity index is 1.43. The van der Waals surface area contributed by atoms with Gasteiger partial charge in [0.2, 0.25) is 11.8 Å². The van der Waals surface area contributed by atoms with Crippen molar-refractivity contribution in [2.45, 2.75) is 50.9 Å². The number of fused-ring (bicyclic) bond motifs is 1. The highest BCUT2D eigenvalue weighted by Crippen LogP contribution is 2.37. The third kappa shape index (κ3) is 4.57. The average Bonchev–Trinajstić information content (AvgIpc) is 3.57. The second kappa shape index (κ2) is 8.94. The Labute approximate surface area is 208 Å². The molecule has 3 aromatic heterocycles. The number of ether oxygens (including phenoxy) is 1. The van der Waals surface area contributed by atoms with Crippen molar-refractivity contribution in [2.75, 3.05) is 18.5 Å². The molecule has 9 nitrogen and oxygen atoms in total. The van der Waals surface area contributed by atoms with Crippen molar-refractivity contribution < 1.29 is 22.3 Å². The average molecular weight is 512 g/mol. The molecule has 1 aromatic carbocycles. The summed E-state index contributed by atoms with van der Waals surface area (Å²) >= 11 is 0. The zero-order valence-electron chi connectivity index (χ0n) is 19.9. The van der Waals surface area contributed by atoms with E-state index in [1.165, 1.54) is 0 Å². The Hall–Kier alpha value is -3.80. The lowest BCUT2D eigenvalue weighted by Gasteiger charge is -2.23. The van der Waals surface area contributed by atoms with E-state index in [9.17, 15) is 18.0 Å². The summed E-state index contributed by atoms with van der Waals surface area (Å²) in [6.45, 7) is 3.19. The van der Waals surface area contributed by atoms with Crippen LogP contribution in [0.4, 0.5) is 19.1 Å². The van der Waals surface area contributed by atoms with Crippen LogP contribution in [0.2, 0.25) is 0 Å². The second-order valence-electron chi connectivity index (χ2n) is 9.41. The number of hydrogen-bond donors (Lipinski definition) is 1. The molecule has 37 heavy (non-hydrogen) atoms. The van der Waals surface area contributed by atoms with E-state index in [4.69, 9.17) is 14.1 Å². The lowest BCUT2D eigenvalue weighted by molar-refractivity contribution is -0.156. The monoisotopic (exact) mass is 512 g/mol. The van der Waals surface area contributed by atoms with E-state index in [2.05, 4.69) is 20.5 Å². The molecule has 1 N–H and O–H groups in total. The molecule has 1 saturated carbocycles. The topological polar surface area (TPSA) is 108 Å². The van der Waals surface area contributed by atoms with Crippen molar-refractivity contribution in [1.29, 1.82) is 0 Å². The first-order chi connectivity index (χ1) is 17.8. The molecule has 0 atom stereocenters. The summed E-state index contributed by atoms with van der Waals surface area (Å²) in [6.07, 6.45) is 0.400. The minimum atomic E-state index is -4.74. The minimum Gasteiger partial charge on any atom is -0.413 e. The van der Waals surface area contributed by atoms with Gasteiger partial charge in [-0.05, 0) is 61.9 Å². The van der Waals surface area contributed by atoms with Gasteiger partial charge in [0.25, 0.3) is 5.56 Å². The number of halogens is 3. The SMILES string of the molecule is Cc1ccc(-c2nnc(C(F)(F)F)o2)cc1-c1cc2cnc(NC3CCOCC3)nc2n(C2CC2)c1=O. The third-order valence-electron chi connectivity index (χ3n) is 6.68. The minimum absolute atomic E-state index is 0.0366. The third-order valence-corrected chi connectivity index (χ3v) is 6.68. The van der Waals surface area contributed by atoms with E-state index in [1.807, 2.05) is 6.92 Å². The number of pyridine rings is 1. The van der Waals surface area contributed by atoms with Gasteiger partial charge in [-0.1, -0.05) is 6.07 Å². The van der Waals surface area contributed by atoms with Gasteiger partial charge in [0.1, 0.15) is 5.65 Å². The van der Waals surface area contributed by atoms with Gasteiger partial charge in [-0.2, -0.15) is 18.2 Å². The second-order valence-corrected chi connectivity index (χ2v) is 9.41. The molecule has 0 unspecified atom stereocenters. The Kier molecular flexibility index (Phi) is 5.70. The molecular weight excluding hydrogens is 489 g/mol. The Morgan fingerprint density at radius 1 is 1.05 bits per heavy atom. The number of hydrogen-bond acceptors (Lipinski definition) is 8. The van der Waals surface area contributed by atoms with E-state index >= 15 is 0 Å². The van der Waals surface area contributed by atoms with Gasteiger partial charge >= 0.3 is 12.1 Å². The van der Waals surface area contributed by atoms with E-state index < -0.39 is 12.1 Å². The molecular formula is C25H23F3N6O3. The standard InChI is InChI=1S/C25H23F3N6O3/c1-13-2-3-14(21-32-33-23(37-21)25(26,27)28)10-18(13)19-11-15-12-29-24(30-16-6-8-36-9-7-16)31-20(15)34(22(19)35)17-4-5-17/h2-3,10-12,16-17H,4-9H2,1H3,(H,29,30,31). The number of aryl methyl sites for hydroxylation is 1. The number of benzene rings is 1. The smallest absolute Gasteiger partial charge is 0.413 e. The van der Waals surface area contributed by atoms with Gasteiger partial charge in [0, 0.05) is 48.0 Å². The molecule has 1 aliphatic carbocycles. The molecule has 0 bridgehead atoms. The molecule has 0 spiro atoms. The molecule has 1 aliphatic heterocycles. The predicted octanol–water partition coefficient (Wildman–Crippen LogP) is 4.76. The van der Waals surface area contributed by atoms with Crippen LogP contribution in [0.3, 0.4) is 0 Å². The van der Waals surface area contributed by atoms with Crippen LogP contribution >= 0.6 is 0 Å². The maximum absolute atomic E-state index is 13.8. The lowest BCUT2D eigenvalue weighted by Crippen LogP contribution is -2.29. The molecule has 0 radical (unpaired) electrons. The van der Waals surface area contributed by atoms with Crippen LogP contribution in [-0.4, -0.2) is 44.0 Å². The number of rotatable bonds is 5. The normalized spacial score (nSPS) is 16.9. The fourth-order valence-electron chi connectivity index (χ4n) is 4.58. The van der Waals surface area contributed by atoms with Gasteiger partial charge in [-0.25, -0.2) is 4.98 Å². The zero-order valence-corrected chi connectivity index (χ0v) is 19.9. The number of anilines is 1. The summed E-state index contributed by atoms with van der Waals surface area (Å²) in [6, 6.07) is 6.88. The summed E-state index contributed by atoms with van der Waals surface area (Å²) in [5.41, 5.74) is 2.37. The van der Waals surface area contributed by atoms with Crippen LogP contribution in [0.1, 0.15) is 43.2 Å². The quantitative estimate of drug-likeness (QED) is 0.408. The number of nitrogens with one attached hydrogen (secondary N) is 1. The molecule has 12 heteroatoms. The molecule has 0 amide bonds. The van der Waals surface area contributed by atoms with Crippen molar-refractivity contribution in [2.24, 2.45) is 0 Å². The Morgan fingerprint density at radius 3 is 2.54 bits per heavy atom. The van der Waals surface area contributed by atoms with E-state index in [-0.39, 0.29) is 29.1 Å². The summed E-state index contributed by atoms with van der Waals surface area (Å²) < 4.78 is 50.8. The number of nitrogens with zero attached hydrogens (tertiary/aromatic N) is 5. The maximum Gasteiger partial charge on any atom is 0.470 e. The summed E-state index contributed by atoms with van der Waals surface area (Å²) in [5, 5.41) is 10.7. The lowest BCUT2D eigenvalue weighted by atomic mass is 9.98. The van der Waals surface area contributed by atoms with Crippen LogP contribution in [0, 0.1) is 6.92 Å². The number of aromatic nitrogens is 5. The molecule has 2 aliphatic rings. The van der Waals surface area contributed by atoms with Crippen molar-refractivity contribution >= 4 is 17.0 Å². The Bertz CT molecular complexity index is 1540. The highest BCUT2D eigenvalue weighted by Gasteiger charge is 2.38. The number of alkyl halides is 3. The predicted molar refractivity (Wildman–Crippen MR) is 128 cm³/mol. The van der Waals surface area contributed by atoms with Crippen LogP contribution in [0.15, 0.2) is 39.7 Å². The van der Waals surface area contributed by atoms with Crippen LogP contribution in [0.5, 0.6) is 0 Å². The summed E-state index contributed by atoms with van der Waals surface area (Å²) in [7, 11) is 0. The van der Waals surface area contributed by atoms with Gasteiger partial charge in [0.05, 0.1) is 0 Å². The van der Waals surface area contributed by atoms with E-state index in [0.717, 1.165) is 31.2 Å². The summed E-state index contributed by atoms with van der Waals surface area (Å²) in [5.74, 6) is -1.23.